The highest BCUT2D eigenvalue weighted by molar-refractivity contribution is 6.34. The third kappa shape index (κ3) is 8.49. The standard InChI is InChI=1S/C29H36FN5O2/c1-4-8-25-24-13-12-23(18-27(24)35-29(25)31-3)37-16-15-33-20-32-14-7-6-9-28(36)34-19-21-10-11-22(5-2)26(30)17-21/h4-8,10-14,18,26,28,33-34,36H,1-2,9,15-17,19-20H2,3H3,(H,31,35)/b7-6-,25-8?,32-14?. The number of alkyl halides is 1. The Balaban J connectivity index is 1.27. The van der Waals surface area contributed by atoms with Crippen LogP contribution in [0.3, 0.4) is 0 Å². The lowest BCUT2D eigenvalue weighted by Gasteiger charge is -2.18. The molecule has 1 aromatic carbocycles. The molecule has 1 aliphatic heterocycles. The van der Waals surface area contributed by atoms with Gasteiger partial charge in [0, 0.05) is 56.4 Å². The first-order chi connectivity index (χ1) is 18.0. The topological polar surface area (TPSA) is 90.3 Å². The molecule has 2 atom stereocenters. The van der Waals surface area contributed by atoms with E-state index in [0.29, 0.717) is 44.8 Å². The van der Waals surface area contributed by atoms with Crippen molar-refractivity contribution in [1.82, 2.24) is 10.6 Å². The highest BCUT2D eigenvalue weighted by atomic mass is 19.1. The zero-order chi connectivity index (χ0) is 26.5. The summed E-state index contributed by atoms with van der Waals surface area (Å²) >= 11 is 0. The number of fused-ring (bicyclic) bond motifs is 1. The first-order valence-electron chi connectivity index (χ1n) is 12.3. The Labute approximate surface area is 218 Å². The van der Waals surface area contributed by atoms with Gasteiger partial charge in [0.2, 0.25) is 0 Å². The van der Waals surface area contributed by atoms with Crippen LogP contribution in [-0.2, 0) is 0 Å². The first-order valence-corrected chi connectivity index (χ1v) is 12.3. The minimum atomic E-state index is -1.03. The Bertz CT molecular complexity index is 1130. The summed E-state index contributed by atoms with van der Waals surface area (Å²) in [6, 6.07) is 5.93. The van der Waals surface area contributed by atoms with Gasteiger partial charge < -0.3 is 15.2 Å². The van der Waals surface area contributed by atoms with E-state index in [-0.39, 0.29) is 0 Å². The number of aliphatic hydroxyl groups excluding tert-OH is 1. The Kier molecular flexibility index (Phi) is 11.2. The number of benzene rings is 1. The number of nitrogens with one attached hydrogen (secondary N) is 3. The Morgan fingerprint density at radius 1 is 1.32 bits per heavy atom. The number of ether oxygens (including phenoxy) is 1. The van der Waals surface area contributed by atoms with Crippen LogP contribution >= 0.6 is 0 Å². The molecule has 4 N–H and O–H groups in total. The fraction of sp³-hybridized carbons (Fsp3) is 0.310. The van der Waals surface area contributed by atoms with Crippen LogP contribution in [-0.4, -0.2) is 63.0 Å². The summed E-state index contributed by atoms with van der Waals surface area (Å²) < 4.78 is 19.7. The summed E-state index contributed by atoms with van der Waals surface area (Å²) in [6.45, 7) is 9.45. The number of amidine groups is 1. The highest BCUT2D eigenvalue weighted by Gasteiger charge is 2.21. The largest absolute Gasteiger partial charge is 0.492 e. The molecule has 0 aromatic heterocycles. The summed E-state index contributed by atoms with van der Waals surface area (Å²) in [6.07, 6.45) is 13.2. The molecule has 0 spiro atoms. The lowest BCUT2D eigenvalue weighted by molar-refractivity contribution is 0.143. The number of nitrogens with zero attached hydrogens (tertiary/aromatic N) is 2. The van der Waals surface area contributed by atoms with Gasteiger partial charge in [-0.2, -0.15) is 0 Å². The monoisotopic (exact) mass is 505 g/mol. The third-order valence-electron chi connectivity index (χ3n) is 5.85. The second-order valence-corrected chi connectivity index (χ2v) is 8.49. The van der Waals surface area contributed by atoms with E-state index in [0.717, 1.165) is 34.0 Å². The summed E-state index contributed by atoms with van der Waals surface area (Å²) in [5.74, 6) is 1.60. The van der Waals surface area contributed by atoms with Crippen LogP contribution in [0, 0.1) is 0 Å². The third-order valence-corrected chi connectivity index (χ3v) is 5.85. The molecule has 2 aliphatic rings. The highest BCUT2D eigenvalue weighted by Crippen LogP contribution is 2.35. The van der Waals surface area contributed by atoms with Gasteiger partial charge in [0.25, 0.3) is 0 Å². The van der Waals surface area contributed by atoms with Crippen LogP contribution in [0.2, 0.25) is 0 Å². The van der Waals surface area contributed by atoms with Crippen LogP contribution in [0.4, 0.5) is 10.1 Å². The second-order valence-electron chi connectivity index (χ2n) is 8.49. The van der Waals surface area contributed by atoms with Crippen molar-refractivity contribution < 1.29 is 14.2 Å². The molecular formula is C29H36FN5O2. The predicted molar refractivity (Wildman–Crippen MR) is 152 cm³/mol. The molecule has 1 aromatic rings. The summed E-state index contributed by atoms with van der Waals surface area (Å²) in [7, 11) is 1.76. The first kappa shape index (κ1) is 28.0. The smallest absolute Gasteiger partial charge is 0.133 e. The SMILES string of the molecule is C=CC=C1C(=NC)Nc2cc(OCCNCN=C/C=C\CC(O)NCC3=CC=C(C=C)C(F)C3)ccc21. The molecule has 37 heavy (non-hydrogen) atoms. The normalized spacial score (nSPS) is 20.1. The van der Waals surface area contributed by atoms with Crippen molar-refractivity contribution in [1.29, 1.82) is 0 Å². The number of allylic oxidation sites excluding steroid dienone is 7. The molecule has 1 aliphatic carbocycles. The quantitative estimate of drug-likeness (QED) is 0.172. The fourth-order valence-corrected chi connectivity index (χ4v) is 3.90. The minimum absolute atomic E-state index is 0.326. The van der Waals surface area contributed by atoms with E-state index >= 15 is 0 Å². The molecule has 7 nitrogen and oxygen atoms in total. The van der Waals surface area contributed by atoms with Crippen molar-refractivity contribution in [2.24, 2.45) is 9.98 Å². The van der Waals surface area contributed by atoms with Gasteiger partial charge in [0.1, 0.15) is 30.6 Å². The summed E-state index contributed by atoms with van der Waals surface area (Å²) in [5.41, 5.74) is 4.58. The lowest BCUT2D eigenvalue weighted by atomic mass is 9.96. The number of halogens is 1. The van der Waals surface area contributed by atoms with Crippen LogP contribution in [0.1, 0.15) is 18.4 Å². The fourth-order valence-electron chi connectivity index (χ4n) is 3.90. The molecule has 2 unspecified atom stereocenters. The molecule has 0 amide bonds. The van der Waals surface area contributed by atoms with E-state index in [1.54, 1.807) is 37.6 Å². The van der Waals surface area contributed by atoms with Gasteiger partial charge in [-0.1, -0.05) is 55.2 Å². The molecule has 1 heterocycles. The molecule has 3 rings (SSSR count). The molecule has 0 radical (unpaired) electrons. The van der Waals surface area contributed by atoms with Crippen molar-refractivity contribution >= 4 is 23.3 Å². The van der Waals surface area contributed by atoms with Crippen LogP contribution in [0.5, 0.6) is 5.75 Å². The molecule has 0 bridgehead atoms. The number of hydrogen-bond acceptors (Lipinski definition) is 6. The van der Waals surface area contributed by atoms with Crippen LogP contribution < -0.4 is 20.7 Å². The number of anilines is 1. The minimum Gasteiger partial charge on any atom is -0.492 e. The summed E-state index contributed by atoms with van der Waals surface area (Å²) in [4.78, 5) is 8.55. The average molecular weight is 506 g/mol. The zero-order valence-corrected chi connectivity index (χ0v) is 21.3. The van der Waals surface area contributed by atoms with Crippen molar-refractivity contribution in [2.45, 2.75) is 25.2 Å². The summed E-state index contributed by atoms with van der Waals surface area (Å²) in [5, 5.41) is 19.5. The van der Waals surface area contributed by atoms with Gasteiger partial charge in [-0.15, -0.1) is 0 Å². The Hall–Kier alpha value is -3.59. The van der Waals surface area contributed by atoms with Crippen molar-refractivity contribution in [3.8, 4) is 5.75 Å². The average Bonchev–Trinajstić information content (AvgIpc) is 3.25. The maximum Gasteiger partial charge on any atom is 0.133 e. The van der Waals surface area contributed by atoms with Gasteiger partial charge in [-0.05, 0) is 23.8 Å². The Morgan fingerprint density at radius 2 is 2.19 bits per heavy atom. The Morgan fingerprint density at radius 3 is 2.95 bits per heavy atom. The molecule has 0 saturated carbocycles. The molecule has 0 fully saturated rings. The van der Waals surface area contributed by atoms with E-state index in [2.05, 4.69) is 39.1 Å². The van der Waals surface area contributed by atoms with Crippen LogP contribution in [0.15, 0.2) is 95.0 Å². The van der Waals surface area contributed by atoms with E-state index in [1.807, 2.05) is 36.4 Å². The maximum atomic E-state index is 13.9. The number of aliphatic hydroxyl groups is 1. The lowest BCUT2D eigenvalue weighted by Crippen LogP contribution is -2.31. The van der Waals surface area contributed by atoms with E-state index in [1.165, 1.54) is 0 Å². The van der Waals surface area contributed by atoms with Crippen molar-refractivity contribution in [3.05, 3.63) is 90.6 Å². The number of hydrogen-bond donors (Lipinski definition) is 4. The molecule has 0 saturated heterocycles. The van der Waals surface area contributed by atoms with E-state index in [9.17, 15) is 9.50 Å². The van der Waals surface area contributed by atoms with Gasteiger partial charge >= 0.3 is 0 Å². The van der Waals surface area contributed by atoms with Crippen molar-refractivity contribution in [2.75, 3.05) is 38.7 Å². The second kappa shape index (κ2) is 14.8. The zero-order valence-electron chi connectivity index (χ0n) is 21.3. The number of rotatable bonds is 14. The van der Waals surface area contributed by atoms with Crippen molar-refractivity contribution in [3.63, 3.8) is 0 Å². The van der Waals surface area contributed by atoms with Gasteiger partial charge in [0.05, 0.1) is 12.4 Å². The molecule has 8 heteroatoms. The van der Waals surface area contributed by atoms with Crippen LogP contribution in [0.25, 0.3) is 5.57 Å². The number of aliphatic imine (C=N–C) groups is 2. The maximum absolute atomic E-state index is 13.9. The van der Waals surface area contributed by atoms with E-state index < -0.39 is 12.4 Å². The molecular weight excluding hydrogens is 469 g/mol. The van der Waals surface area contributed by atoms with Gasteiger partial charge in [-0.3, -0.25) is 20.6 Å². The predicted octanol–water partition coefficient (Wildman–Crippen LogP) is 4.34. The van der Waals surface area contributed by atoms with Gasteiger partial charge in [0.15, 0.2) is 0 Å². The van der Waals surface area contributed by atoms with Gasteiger partial charge in [-0.25, -0.2) is 4.39 Å². The molecule has 196 valence electrons. The van der Waals surface area contributed by atoms with E-state index in [4.69, 9.17) is 4.74 Å².